The predicted octanol–water partition coefficient (Wildman–Crippen LogP) is 1.39. The molecule has 1 aromatic rings. The first-order valence-corrected chi connectivity index (χ1v) is 6.86. The van der Waals surface area contributed by atoms with E-state index < -0.39 is 0 Å². The molecule has 0 radical (unpaired) electrons. The number of carbonyl (C=O) groups is 1. The molecule has 98 valence electrons. The van der Waals surface area contributed by atoms with Crippen LogP contribution in [0.2, 0.25) is 0 Å². The smallest absolute Gasteiger partial charge is 0.136 e. The average molecular weight is 247 g/mol. The number of nitrogens with zero attached hydrogens (tertiary/aromatic N) is 1. The largest absolute Gasteiger partial charge is 0.361 e. The summed E-state index contributed by atoms with van der Waals surface area (Å²) in [4.78, 5) is 17.4. The second-order valence-electron chi connectivity index (χ2n) is 5.57. The first-order valence-electron chi connectivity index (χ1n) is 6.86. The van der Waals surface area contributed by atoms with Gasteiger partial charge < -0.3 is 15.2 Å². The minimum absolute atomic E-state index is 0.198. The number of aromatic amines is 1. The second kappa shape index (κ2) is 4.86. The third kappa shape index (κ3) is 2.35. The number of fused-ring (bicyclic) bond motifs is 1. The van der Waals surface area contributed by atoms with Crippen molar-refractivity contribution >= 4 is 5.78 Å². The van der Waals surface area contributed by atoms with Crippen molar-refractivity contribution in [1.29, 1.82) is 0 Å². The van der Waals surface area contributed by atoms with Gasteiger partial charge in [0.15, 0.2) is 0 Å². The summed E-state index contributed by atoms with van der Waals surface area (Å²) in [5.74, 6) is 0.376. The fourth-order valence-electron chi connectivity index (χ4n) is 3.02. The molecule has 1 aromatic heterocycles. The van der Waals surface area contributed by atoms with E-state index in [0.29, 0.717) is 18.6 Å². The van der Waals surface area contributed by atoms with Crippen molar-refractivity contribution in [2.45, 2.75) is 38.3 Å². The molecule has 0 aromatic carbocycles. The summed E-state index contributed by atoms with van der Waals surface area (Å²) in [6.07, 6.45) is 3.65. The molecule has 4 nitrogen and oxygen atoms in total. The summed E-state index contributed by atoms with van der Waals surface area (Å²) in [6.45, 7) is 3.00. The lowest BCUT2D eigenvalue weighted by molar-refractivity contribution is -0.120. The van der Waals surface area contributed by atoms with E-state index in [1.165, 1.54) is 23.4 Å². The number of hydrogen-bond acceptors (Lipinski definition) is 3. The van der Waals surface area contributed by atoms with Crippen LogP contribution in [0.15, 0.2) is 6.07 Å². The summed E-state index contributed by atoms with van der Waals surface area (Å²) in [5.41, 5.74) is 3.97. The summed E-state index contributed by atoms with van der Waals surface area (Å²) in [7, 11) is 2.17. The normalized spacial score (nSPS) is 25.8. The molecule has 1 fully saturated rings. The zero-order chi connectivity index (χ0) is 12.5. The summed E-state index contributed by atoms with van der Waals surface area (Å²) in [6, 6.07) is 2.46. The van der Waals surface area contributed by atoms with Gasteiger partial charge in [0.25, 0.3) is 0 Å². The van der Waals surface area contributed by atoms with Gasteiger partial charge in [-0.1, -0.05) is 0 Å². The number of hydrogen-bond donors (Lipinski definition) is 2. The van der Waals surface area contributed by atoms with Crippen molar-refractivity contribution in [3.8, 4) is 0 Å². The second-order valence-corrected chi connectivity index (χ2v) is 5.57. The molecule has 2 aliphatic rings. The quantitative estimate of drug-likeness (QED) is 0.788. The highest BCUT2D eigenvalue weighted by Crippen LogP contribution is 2.25. The summed E-state index contributed by atoms with van der Waals surface area (Å²) in [5, 5.41) is 3.44. The van der Waals surface area contributed by atoms with E-state index in [0.717, 1.165) is 26.1 Å². The molecule has 2 aliphatic heterocycles. The third-order valence-electron chi connectivity index (χ3n) is 4.02. The van der Waals surface area contributed by atoms with Gasteiger partial charge in [0, 0.05) is 37.3 Å². The maximum Gasteiger partial charge on any atom is 0.136 e. The van der Waals surface area contributed by atoms with Crippen LogP contribution in [-0.4, -0.2) is 35.8 Å². The fraction of sp³-hybridized carbons (Fsp3) is 0.643. The highest BCUT2D eigenvalue weighted by Gasteiger charge is 2.23. The fourth-order valence-corrected chi connectivity index (χ4v) is 3.02. The van der Waals surface area contributed by atoms with Crippen LogP contribution in [0.1, 0.15) is 42.3 Å². The molecule has 0 bridgehead atoms. The van der Waals surface area contributed by atoms with Gasteiger partial charge in [0.1, 0.15) is 5.78 Å². The first kappa shape index (κ1) is 11.9. The Kier molecular flexibility index (Phi) is 3.22. The van der Waals surface area contributed by atoms with Crippen LogP contribution < -0.4 is 5.32 Å². The molecule has 0 spiro atoms. The van der Waals surface area contributed by atoms with E-state index in [4.69, 9.17) is 0 Å². The topological polar surface area (TPSA) is 48.1 Å². The van der Waals surface area contributed by atoms with Crippen LogP contribution in [0.25, 0.3) is 0 Å². The highest BCUT2D eigenvalue weighted by molar-refractivity contribution is 5.80. The van der Waals surface area contributed by atoms with Crippen molar-refractivity contribution in [3.05, 3.63) is 23.0 Å². The van der Waals surface area contributed by atoms with Crippen molar-refractivity contribution in [1.82, 2.24) is 15.2 Å². The minimum atomic E-state index is 0.198. The van der Waals surface area contributed by atoms with E-state index in [-0.39, 0.29) is 6.04 Å². The molecule has 0 saturated carbocycles. The number of Topliss-reactive ketones (excluding diaryl/α,β-unsaturated/α-hetero) is 1. The number of nitrogens with one attached hydrogen (secondary N) is 2. The molecule has 2 N–H and O–H groups in total. The Morgan fingerprint density at radius 3 is 3.11 bits per heavy atom. The average Bonchev–Trinajstić information content (AvgIpc) is 2.65. The van der Waals surface area contributed by atoms with Gasteiger partial charge in [-0.25, -0.2) is 0 Å². The Bertz CT molecular complexity index is 452. The Labute approximate surface area is 108 Å². The molecule has 18 heavy (non-hydrogen) atoms. The lowest BCUT2D eigenvalue weighted by Gasteiger charge is -2.21. The van der Waals surface area contributed by atoms with Crippen LogP contribution in [0.3, 0.4) is 0 Å². The van der Waals surface area contributed by atoms with Crippen LogP contribution in [0.4, 0.5) is 0 Å². The number of carbonyl (C=O) groups excluding carboxylic acids is 1. The van der Waals surface area contributed by atoms with Crippen molar-refractivity contribution < 1.29 is 4.79 Å². The Balaban J connectivity index is 1.82. The van der Waals surface area contributed by atoms with Crippen LogP contribution in [0.5, 0.6) is 0 Å². The van der Waals surface area contributed by atoms with Gasteiger partial charge in [-0.15, -0.1) is 0 Å². The number of aromatic nitrogens is 1. The van der Waals surface area contributed by atoms with Crippen LogP contribution in [-0.2, 0) is 17.8 Å². The Hall–Kier alpha value is -1.13. The number of rotatable bonds is 1. The standard InChI is InChI=1S/C14H21N3O/c1-17-6-2-3-12-10(9-17)7-14(16-12)13-8-11(18)4-5-15-13/h7,13,15-16H,2-6,8-9H2,1H3. The van der Waals surface area contributed by atoms with Crippen molar-refractivity contribution in [2.75, 3.05) is 20.1 Å². The van der Waals surface area contributed by atoms with Gasteiger partial charge in [0.05, 0.1) is 6.04 Å². The lowest BCUT2D eigenvalue weighted by atomic mass is 10.0. The van der Waals surface area contributed by atoms with Crippen molar-refractivity contribution in [3.63, 3.8) is 0 Å². The lowest BCUT2D eigenvalue weighted by Crippen LogP contribution is -2.32. The number of H-pyrrole nitrogens is 1. The molecule has 1 unspecified atom stereocenters. The minimum Gasteiger partial charge on any atom is -0.361 e. The molecule has 1 atom stereocenters. The molecule has 3 rings (SSSR count). The van der Waals surface area contributed by atoms with E-state index in [1.807, 2.05) is 0 Å². The molecule has 4 heteroatoms. The molecule has 1 saturated heterocycles. The zero-order valence-corrected chi connectivity index (χ0v) is 11.0. The first-order chi connectivity index (χ1) is 8.72. The third-order valence-corrected chi connectivity index (χ3v) is 4.02. The Morgan fingerprint density at radius 1 is 1.39 bits per heavy atom. The SMILES string of the molecule is CN1CCCc2[nH]c(C3CC(=O)CCN3)cc2C1. The van der Waals surface area contributed by atoms with Gasteiger partial charge in [-0.05, 0) is 38.1 Å². The maximum atomic E-state index is 11.5. The molecular weight excluding hydrogens is 226 g/mol. The molecule has 0 amide bonds. The van der Waals surface area contributed by atoms with E-state index in [9.17, 15) is 4.79 Å². The van der Waals surface area contributed by atoms with E-state index in [1.54, 1.807) is 0 Å². The van der Waals surface area contributed by atoms with Crippen LogP contribution in [0, 0.1) is 0 Å². The van der Waals surface area contributed by atoms with Crippen LogP contribution >= 0.6 is 0 Å². The Morgan fingerprint density at radius 2 is 2.28 bits per heavy atom. The molecular formula is C14H21N3O. The highest BCUT2D eigenvalue weighted by atomic mass is 16.1. The number of ketones is 1. The zero-order valence-electron chi connectivity index (χ0n) is 11.0. The monoisotopic (exact) mass is 247 g/mol. The number of piperidine rings is 1. The van der Waals surface area contributed by atoms with E-state index in [2.05, 4.69) is 28.3 Å². The van der Waals surface area contributed by atoms with Gasteiger partial charge in [-0.3, -0.25) is 4.79 Å². The van der Waals surface area contributed by atoms with Crippen molar-refractivity contribution in [2.24, 2.45) is 0 Å². The summed E-state index contributed by atoms with van der Waals surface area (Å²) >= 11 is 0. The predicted molar refractivity (Wildman–Crippen MR) is 70.4 cm³/mol. The molecule has 3 heterocycles. The summed E-state index contributed by atoms with van der Waals surface area (Å²) < 4.78 is 0. The maximum absolute atomic E-state index is 11.5. The van der Waals surface area contributed by atoms with Gasteiger partial charge in [0.2, 0.25) is 0 Å². The van der Waals surface area contributed by atoms with Gasteiger partial charge >= 0.3 is 0 Å². The van der Waals surface area contributed by atoms with E-state index >= 15 is 0 Å². The molecule has 0 aliphatic carbocycles. The van der Waals surface area contributed by atoms with Gasteiger partial charge in [-0.2, -0.15) is 0 Å². The number of aryl methyl sites for hydroxylation is 1.